The first kappa shape index (κ1) is 10.4. The first-order valence-electron chi connectivity index (χ1n) is 6.57. The molecule has 2 fully saturated rings. The number of furan rings is 1. The van der Waals surface area contributed by atoms with E-state index in [1.54, 1.807) is 6.26 Å². The van der Waals surface area contributed by atoms with Gasteiger partial charge >= 0.3 is 0 Å². The van der Waals surface area contributed by atoms with Crippen LogP contribution in [0, 0.1) is 11.3 Å². The van der Waals surface area contributed by atoms with Crippen molar-refractivity contribution >= 4 is 0 Å². The summed E-state index contributed by atoms with van der Waals surface area (Å²) in [7, 11) is 0. The number of rotatable bonds is 5. The van der Waals surface area contributed by atoms with Gasteiger partial charge in [-0.15, -0.1) is 0 Å². The summed E-state index contributed by atoms with van der Waals surface area (Å²) in [5.41, 5.74) is 0.654. The molecule has 1 heterocycles. The number of hydrogen-bond donors (Lipinski definition) is 1. The first-order chi connectivity index (χ1) is 7.80. The van der Waals surface area contributed by atoms with Crippen molar-refractivity contribution in [2.75, 3.05) is 6.54 Å². The van der Waals surface area contributed by atoms with E-state index in [9.17, 15) is 0 Å². The molecule has 1 N–H and O–H groups in total. The molecule has 0 aromatic carbocycles. The van der Waals surface area contributed by atoms with Crippen LogP contribution in [0.1, 0.15) is 50.8 Å². The fourth-order valence-corrected chi connectivity index (χ4v) is 3.05. The Kier molecular flexibility index (Phi) is 2.55. The second-order valence-corrected chi connectivity index (χ2v) is 5.61. The summed E-state index contributed by atoms with van der Waals surface area (Å²) in [6.45, 7) is 3.37. The van der Waals surface area contributed by atoms with Crippen LogP contribution in [0.5, 0.6) is 0 Å². The van der Waals surface area contributed by atoms with E-state index in [0.29, 0.717) is 11.5 Å². The largest absolute Gasteiger partial charge is 0.468 e. The summed E-state index contributed by atoms with van der Waals surface area (Å²) >= 11 is 0. The highest BCUT2D eigenvalue weighted by atomic mass is 16.3. The Morgan fingerprint density at radius 1 is 1.50 bits per heavy atom. The molecule has 16 heavy (non-hydrogen) atoms. The Bertz CT molecular complexity index is 336. The predicted octanol–water partition coefficient (Wildman–Crippen LogP) is 3.51. The monoisotopic (exact) mass is 219 g/mol. The lowest BCUT2D eigenvalue weighted by atomic mass is 9.65. The fourth-order valence-electron chi connectivity index (χ4n) is 3.05. The second-order valence-electron chi connectivity index (χ2n) is 5.61. The van der Waals surface area contributed by atoms with E-state index in [1.807, 2.05) is 6.07 Å². The molecule has 2 aliphatic carbocycles. The summed E-state index contributed by atoms with van der Waals surface area (Å²) in [6, 6.07) is 4.38. The van der Waals surface area contributed by atoms with Crippen molar-refractivity contribution in [1.29, 1.82) is 0 Å². The maximum Gasteiger partial charge on any atom is 0.120 e. The summed E-state index contributed by atoms with van der Waals surface area (Å²) < 4.78 is 5.43. The van der Waals surface area contributed by atoms with Crippen LogP contribution in [0.4, 0.5) is 0 Å². The lowest BCUT2D eigenvalue weighted by Crippen LogP contribution is -2.42. The minimum absolute atomic E-state index is 0.353. The Hall–Kier alpha value is -0.760. The molecular weight excluding hydrogens is 198 g/mol. The Morgan fingerprint density at radius 2 is 2.31 bits per heavy atom. The van der Waals surface area contributed by atoms with Crippen molar-refractivity contribution in [2.45, 2.75) is 45.1 Å². The molecule has 2 heteroatoms. The average Bonchev–Trinajstić information content (AvgIpc) is 2.92. The maximum absolute atomic E-state index is 5.43. The van der Waals surface area contributed by atoms with Gasteiger partial charge in [0.05, 0.1) is 12.3 Å². The first-order valence-corrected chi connectivity index (χ1v) is 6.57. The normalized spacial score (nSPS) is 25.1. The molecule has 0 radical (unpaired) electrons. The highest BCUT2D eigenvalue weighted by Gasteiger charge is 2.48. The van der Waals surface area contributed by atoms with E-state index in [2.05, 4.69) is 18.3 Å². The van der Waals surface area contributed by atoms with Gasteiger partial charge < -0.3 is 9.73 Å². The van der Waals surface area contributed by atoms with Gasteiger partial charge in [-0.2, -0.15) is 0 Å². The Morgan fingerprint density at radius 3 is 2.81 bits per heavy atom. The third-order valence-electron chi connectivity index (χ3n) is 4.52. The third kappa shape index (κ3) is 1.80. The molecule has 2 nitrogen and oxygen atoms in total. The van der Waals surface area contributed by atoms with Crippen LogP contribution in [0.3, 0.4) is 0 Å². The zero-order valence-electron chi connectivity index (χ0n) is 10.0. The van der Waals surface area contributed by atoms with Crippen molar-refractivity contribution in [3.8, 4) is 0 Å². The molecule has 1 unspecified atom stereocenters. The van der Waals surface area contributed by atoms with E-state index in [-0.39, 0.29) is 0 Å². The van der Waals surface area contributed by atoms with Crippen LogP contribution in [-0.2, 0) is 0 Å². The van der Waals surface area contributed by atoms with E-state index in [4.69, 9.17) is 4.42 Å². The second kappa shape index (κ2) is 3.92. The topological polar surface area (TPSA) is 25.2 Å². The van der Waals surface area contributed by atoms with Crippen molar-refractivity contribution in [2.24, 2.45) is 11.3 Å². The molecule has 0 spiro atoms. The summed E-state index contributed by atoms with van der Waals surface area (Å²) in [6.07, 6.45) is 9.01. The number of hydrogen-bond acceptors (Lipinski definition) is 2. The third-order valence-corrected chi connectivity index (χ3v) is 4.52. The fraction of sp³-hybridized carbons (Fsp3) is 0.714. The molecule has 0 bridgehead atoms. The zero-order valence-corrected chi connectivity index (χ0v) is 10.0. The van der Waals surface area contributed by atoms with Gasteiger partial charge in [0.25, 0.3) is 0 Å². The lowest BCUT2D eigenvalue weighted by molar-refractivity contribution is 0.0942. The van der Waals surface area contributed by atoms with Crippen LogP contribution < -0.4 is 5.32 Å². The lowest BCUT2D eigenvalue weighted by Gasteiger charge is -2.43. The molecule has 0 saturated heterocycles. The van der Waals surface area contributed by atoms with E-state index in [1.165, 1.54) is 38.6 Å². The van der Waals surface area contributed by atoms with Crippen LogP contribution in [-0.4, -0.2) is 6.54 Å². The van der Waals surface area contributed by atoms with Crippen LogP contribution >= 0.6 is 0 Å². The van der Waals surface area contributed by atoms with Crippen LogP contribution in [0.15, 0.2) is 22.8 Å². The quantitative estimate of drug-likeness (QED) is 0.819. The Labute approximate surface area is 97.4 Å². The number of nitrogens with one attached hydrogen (secondary N) is 1. The van der Waals surface area contributed by atoms with Crippen molar-refractivity contribution in [3.63, 3.8) is 0 Å². The van der Waals surface area contributed by atoms with Gasteiger partial charge in [0.2, 0.25) is 0 Å². The smallest absolute Gasteiger partial charge is 0.120 e. The SMILES string of the molecule is CC(NCC1(C2CC2)CCC1)c1ccco1. The molecule has 2 aliphatic rings. The molecule has 2 saturated carbocycles. The van der Waals surface area contributed by atoms with Crippen molar-refractivity contribution in [1.82, 2.24) is 5.32 Å². The van der Waals surface area contributed by atoms with Gasteiger partial charge in [0.1, 0.15) is 5.76 Å². The molecule has 0 amide bonds. The molecule has 1 atom stereocenters. The predicted molar refractivity (Wildman–Crippen MR) is 64.1 cm³/mol. The van der Waals surface area contributed by atoms with Gasteiger partial charge in [0.15, 0.2) is 0 Å². The van der Waals surface area contributed by atoms with Gasteiger partial charge in [-0.05, 0) is 56.1 Å². The molecular formula is C14H21NO. The zero-order chi connectivity index (χ0) is 11.0. The molecule has 88 valence electrons. The van der Waals surface area contributed by atoms with E-state index < -0.39 is 0 Å². The highest BCUT2D eigenvalue weighted by Crippen LogP contribution is 2.56. The van der Waals surface area contributed by atoms with Gasteiger partial charge in [-0.1, -0.05) is 6.42 Å². The molecule has 1 aromatic heterocycles. The minimum atomic E-state index is 0.353. The highest BCUT2D eigenvalue weighted by molar-refractivity contribution is 5.05. The van der Waals surface area contributed by atoms with Gasteiger partial charge in [-0.3, -0.25) is 0 Å². The summed E-state index contributed by atoms with van der Waals surface area (Å²) in [5, 5.41) is 3.66. The van der Waals surface area contributed by atoms with Crippen LogP contribution in [0.2, 0.25) is 0 Å². The molecule has 0 aliphatic heterocycles. The van der Waals surface area contributed by atoms with Crippen molar-refractivity contribution < 1.29 is 4.42 Å². The van der Waals surface area contributed by atoms with Crippen molar-refractivity contribution in [3.05, 3.63) is 24.2 Å². The maximum atomic E-state index is 5.43. The van der Waals surface area contributed by atoms with Gasteiger partial charge in [0, 0.05) is 6.54 Å². The molecule has 1 aromatic rings. The van der Waals surface area contributed by atoms with Crippen LogP contribution in [0.25, 0.3) is 0 Å². The standard InChI is InChI=1S/C14H21NO/c1-11(13-4-2-9-16-13)15-10-14(7-3-8-14)12-5-6-12/h2,4,9,11-12,15H,3,5-8,10H2,1H3. The Balaban J connectivity index is 1.55. The average molecular weight is 219 g/mol. The summed E-state index contributed by atoms with van der Waals surface area (Å²) in [4.78, 5) is 0. The minimum Gasteiger partial charge on any atom is -0.468 e. The van der Waals surface area contributed by atoms with E-state index in [0.717, 1.165) is 11.7 Å². The molecule has 3 rings (SSSR count). The summed E-state index contributed by atoms with van der Waals surface area (Å²) in [5.74, 6) is 2.09. The van der Waals surface area contributed by atoms with E-state index >= 15 is 0 Å². The van der Waals surface area contributed by atoms with Gasteiger partial charge in [-0.25, -0.2) is 0 Å².